The van der Waals surface area contributed by atoms with Crippen LogP contribution in [-0.2, 0) is 4.79 Å². The Labute approximate surface area is 101 Å². The summed E-state index contributed by atoms with van der Waals surface area (Å²) in [6.07, 6.45) is 0. The van der Waals surface area contributed by atoms with Gasteiger partial charge in [0.2, 0.25) is 5.91 Å². The Kier molecular flexibility index (Phi) is 3.40. The monoisotopic (exact) mass is 229 g/mol. The number of nitrogens with zero attached hydrogens (tertiary/aromatic N) is 1. The van der Waals surface area contributed by atoms with Gasteiger partial charge < -0.3 is 10.6 Å². The normalized spacial score (nSPS) is 16.7. The number of carbonyl (C=O) groups excluding carboxylic acids is 1. The van der Waals surface area contributed by atoms with E-state index >= 15 is 0 Å². The van der Waals surface area contributed by atoms with Crippen molar-refractivity contribution in [1.82, 2.24) is 10.6 Å². The smallest absolute Gasteiger partial charge is 0.226 e. The number of nitriles is 1. The number of nitrogens with one attached hydrogen (secondary N) is 2. The first-order chi connectivity index (χ1) is 8.20. The maximum Gasteiger partial charge on any atom is 0.226 e. The summed E-state index contributed by atoms with van der Waals surface area (Å²) in [6.45, 7) is 3.49. The molecule has 2 rings (SSSR count). The fourth-order valence-corrected chi connectivity index (χ4v) is 1.73. The lowest BCUT2D eigenvalue weighted by molar-refractivity contribution is -0.127. The molecule has 1 saturated heterocycles. The van der Waals surface area contributed by atoms with Gasteiger partial charge in [-0.3, -0.25) is 4.79 Å². The zero-order valence-electron chi connectivity index (χ0n) is 9.73. The standard InChI is InChI=1S/C13H15N3O/c1-9(16-13(17)12-7-15-8-12)11-4-2-10(6-14)3-5-11/h2-5,9,12,15H,7-8H2,1H3,(H,16,17). The molecular weight excluding hydrogens is 214 g/mol. The van der Waals surface area contributed by atoms with Gasteiger partial charge in [-0.25, -0.2) is 0 Å². The molecule has 1 heterocycles. The van der Waals surface area contributed by atoms with E-state index in [1.165, 1.54) is 0 Å². The molecule has 1 aromatic carbocycles. The van der Waals surface area contributed by atoms with Crippen molar-refractivity contribution in [3.05, 3.63) is 35.4 Å². The number of carbonyl (C=O) groups is 1. The summed E-state index contributed by atoms with van der Waals surface area (Å²) in [5.41, 5.74) is 1.65. The summed E-state index contributed by atoms with van der Waals surface area (Å²) in [5.74, 6) is 0.205. The van der Waals surface area contributed by atoms with Crippen LogP contribution < -0.4 is 10.6 Å². The van der Waals surface area contributed by atoms with Crippen molar-refractivity contribution >= 4 is 5.91 Å². The van der Waals surface area contributed by atoms with Gasteiger partial charge in [-0.05, 0) is 24.6 Å². The van der Waals surface area contributed by atoms with Crippen molar-refractivity contribution < 1.29 is 4.79 Å². The van der Waals surface area contributed by atoms with E-state index in [4.69, 9.17) is 5.26 Å². The van der Waals surface area contributed by atoms with Crippen molar-refractivity contribution in [3.63, 3.8) is 0 Å². The molecule has 1 aromatic rings. The molecule has 17 heavy (non-hydrogen) atoms. The average Bonchev–Trinajstić information content (AvgIpc) is 2.26. The van der Waals surface area contributed by atoms with E-state index in [9.17, 15) is 4.79 Å². The van der Waals surface area contributed by atoms with Crippen LogP contribution in [0.1, 0.15) is 24.1 Å². The second-order valence-corrected chi connectivity index (χ2v) is 4.32. The number of benzene rings is 1. The van der Waals surface area contributed by atoms with Crippen LogP contribution in [0, 0.1) is 17.2 Å². The molecule has 4 nitrogen and oxygen atoms in total. The van der Waals surface area contributed by atoms with E-state index in [1.54, 1.807) is 12.1 Å². The molecule has 0 aliphatic carbocycles. The minimum absolute atomic E-state index is 0.0177. The van der Waals surface area contributed by atoms with Gasteiger partial charge in [-0.15, -0.1) is 0 Å². The van der Waals surface area contributed by atoms with Crippen molar-refractivity contribution in [2.24, 2.45) is 5.92 Å². The Hall–Kier alpha value is -1.86. The summed E-state index contributed by atoms with van der Waals surface area (Å²) >= 11 is 0. The first-order valence-electron chi connectivity index (χ1n) is 5.72. The Morgan fingerprint density at radius 2 is 2.12 bits per heavy atom. The third kappa shape index (κ3) is 2.63. The molecule has 0 bridgehead atoms. The van der Waals surface area contributed by atoms with E-state index in [1.807, 2.05) is 19.1 Å². The lowest BCUT2D eigenvalue weighted by Crippen LogP contribution is -2.51. The van der Waals surface area contributed by atoms with Crippen molar-refractivity contribution in [3.8, 4) is 6.07 Å². The molecule has 1 amide bonds. The Balaban J connectivity index is 1.96. The van der Waals surface area contributed by atoms with Gasteiger partial charge >= 0.3 is 0 Å². The molecule has 2 N–H and O–H groups in total. The number of hydrogen-bond acceptors (Lipinski definition) is 3. The summed E-state index contributed by atoms with van der Waals surface area (Å²) in [6, 6.07) is 9.35. The average molecular weight is 229 g/mol. The maximum absolute atomic E-state index is 11.7. The molecule has 1 aliphatic heterocycles. The Morgan fingerprint density at radius 1 is 1.47 bits per heavy atom. The van der Waals surface area contributed by atoms with Gasteiger partial charge in [0.15, 0.2) is 0 Å². The third-order valence-corrected chi connectivity index (χ3v) is 3.05. The van der Waals surface area contributed by atoms with Crippen LogP contribution in [0.2, 0.25) is 0 Å². The quantitative estimate of drug-likeness (QED) is 0.811. The zero-order chi connectivity index (χ0) is 12.3. The molecule has 1 unspecified atom stereocenters. The van der Waals surface area contributed by atoms with Gasteiger partial charge in [0.05, 0.1) is 23.6 Å². The fraction of sp³-hybridized carbons (Fsp3) is 0.385. The largest absolute Gasteiger partial charge is 0.349 e. The highest BCUT2D eigenvalue weighted by atomic mass is 16.2. The lowest BCUT2D eigenvalue weighted by atomic mass is 10.0. The van der Waals surface area contributed by atoms with Crippen LogP contribution in [0.4, 0.5) is 0 Å². The predicted molar refractivity (Wildman–Crippen MR) is 64.1 cm³/mol. The fourth-order valence-electron chi connectivity index (χ4n) is 1.73. The molecular formula is C13H15N3O. The van der Waals surface area contributed by atoms with Crippen molar-refractivity contribution in [1.29, 1.82) is 5.26 Å². The summed E-state index contributed by atoms with van der Waals surface area (Å²) < 4.78 is 0. The molecule has 88 valence electrons. The first kappa shape index (κ1) is 11.6. The molecule has 0 spiro atoms. The number of rotatable bonds is 3. The van der Waals surface area contributed by atoms with E-state index in [0.717, 1.165) is 18.7 Å². The predicted octanol–water partition coefficient (Wildman–Crippen LogP) is 0.955. The summed E-state index contributed by atoms with van der Waals surface area (Å²) in [7, 11) is 0. The molecule has 1 aliphatic rings. The highest BCUT2D eigenvalue weighted by Crippen LogP contribution is 2.14. The lowest BCUT2D eigenvalue weighted by Gasteiger charge is -2.27. The van der Waals surface area contributed by atoms with Gasteiger partial charge in [0, 0.05) is 13.1 Å². The van der Waals surface area contributed by atoms with Gasteiger partial charge in [0.1, 0.15) is 0 Å². The van der Waals surface area contributed by atoms with Crippen molar-refractivity contribution in [2.75, 3.05) is 13.1 Å². The van der Waals surface area contributed by atoms with E-state index < -0.39 is 0 Å². The van der Waals surface area contributed by atoms with E-state index in [-0.39, 0.29) is 17.9 Å². The van der Waals surface area contributed by atoms with E-state index in [2.05, 4.69) is 16.7 Å². The third-order valence-electron chi connectivity index (χ3n) is 3.05. The van der Waals surface area contributed by atoms with E-state index in [0.29, 0.717) is 5.56 Å². The molecule has 0 saturated carbocycles. The minimum atomic E-state index is -0.0177. The van der Waals surface area contributed by atoms with Gasteiger partial charge in [-0.2, -0.15) is 5.26 Å². The molecule has 0 aromatic heterocycles. The maximum atomic E-state index is 11.7. The van der Waals surface area contributed by atoms with Crippen LogP contribution in [-0.4, -0.2) is 19.0 Å². The second kappa shape index (κ2) is 4.98. The van der Waals surface area contributed by atoms with Crippen LogP contribution in [0.3, 0.4) is 0 Å². The summed E-state index contributed by atoms with van der Waals surface area (Å²) in [5, 5.41) is 14.7. The van der Waals surface area contributed by atoms with Crippen LogP contribution >= 0.6 is 0 Å². The molecule has 0 radical (unpaired) electrons. The second-order valence-electron chi connectivity index (χ2n) is 4.32. The number of amides is 1. The van der Waals surface area contributed by atoms with Crippen LogP contribution in [0.5, 0.6) is 0 Å². The molecule has 1 atom stereocenters. The minimum Gasteiger partial charge on any atom is -0.349 e. The SMILES string of the molecule is CC(NC(=O)C1CNC1)c1ccc(C#N)cc1. The Morgan fingerprint density at radius 3 is 2.59 bits per heavy atom. The molecule has 1 fully saturated rings. The molecule has 4 heteroatoms. The zero-order valence-corrected chi connectivity index (χ0v) is 9.73. The van der Waals surface area contributed by atoms with Gasteiger partial charge in [0.25, 0.3) is 0 Å². The van der Waals surface area contributed by atoms with Crippen LogP contribution in [0.25, 0.3) is 0 Å². The number of hydrogen-bond donors (Lipinski definition) is 2. The first-order valence-corrected chi connectivity index (χ1v) is 5.72. The van der Waals surface area contributed by atoms with Crippen molar-refractivity contribution in [2.45, 2.75) is 13.0 Å². The highest BCUT2D eigenvalue weighted by Gasteiger charge is 2.25. The summed E-state index contributed by atoms with van der Waals surface area (Å²) in [4.78, 5) is 11.7. The Bertz CT molecular complexity index is 443. The van der Waals surface area contributed by atoms with Gasteiger partial charge in [-0.1, -0.05) is 12.1 Å². The topological polar surface area (TPSA) is 64.9 Å². The van der Waals surface area contributed by atoms with Crippen LogP contribution in [0.15, 0.2) is 24.3 Å². The highest BCUT2D eigenvalue weighted by molar-refractivity contribution is 5.80.